The van der Waals surface area contributed by atoms with E-state index in [0.29, 0.717) is 16.1 Å². The van der Waals surface area contributed by atoms with Gasteiger partial charge in [-0.05, 0) is 45.6 Å². The Morgan fingerprint density at radius 3 is 2.67 bits per heavy atom. The molecule has 0 radical (unpaired) electrons. The number of nitrogens with one attached hydrogen (secondary N) is 1. The van der Waals surface area contributed by atoms with Crippen LogP contribution in [0.2, 0.25) is 0 Å². The fourth-order valence-corrected chi connectivity index (χ4v) is 2.84. The van der Waals surface area contributed by atoms with Gasteiger partial charge in [0, 0.05) is 15.7 Å². The monoisotopic (exact) mass is 324 g/mol. The van der Waals surface area contributed by atoms with Gasteiger partial charge >= 0.3 is 0 Å². The standard InChI is InChI=1S/C12H9BrN2O2S/c13-9-4-5-18-10(9)12(17)15-8-3-1-2-7(6-8)11(14)16/h1-6H,(H2,14,16)(H,15,17). The second kappa shape index (κ2) is 5.32. The first-order valence-electron chi connectivity index (χ1n) is 5.02. The Balaban J connectivity index is 2.20. The third-order valence-corrected chi connectivity index (χ3v) is 4.06. The van der Waals surface area contributed by atoms with Crippen LogP contribution in [-0.4, -0.2) is 11.8 Å². The molecule has 4 nitrogen and oxygen atoms in total. The molecular formula is C12H9BrN2O2S. The van der Waals surface area contributed by atoms with Crippen LogP contribution in [0.1, 0.15) is 20.0 Å². The first-order valence-corrected chi connectivity index (χ1v) is 6.69. The van der Waals surface area contributed by atoms with Crippen LogP contribution in [0.3, 0.4) is 0 Å². The summed E-state index contributed by atoms with van der Waals surface area (Å²) >= 11 is 4.63. The van der Waals surface area contributed by atoms with Crippen molar-refractivity contribution in [2.75, 3.05) is 5.32 Å². The number of carbonyl (C=O) groups excluding carboxylic acids is 2. The zero-order valence-electron chi connectivity index (χ0n) is 9.14. The van der Waals surface area contributed by atoms with Gasteiger partial charge < -0.3 is 11.1 Å². The molecule has 0 unspecified atom stereocenters. The molecular weight excluding hydrogens is 316 g/mol. The van der Waals surface area contributed by atoms with E-state index in [2.05, 4.69) is 21.2 Å². The van der Waals surface area contributed by atoms with Gasteiger partial charge in [0.15, 0.2) is 0 Å². The molecule has 2 amide bonds. The lowest BCUT2D eigenvalue weighted by Crippen LogP contribution is -2.13. The average molecular weight is 325 g/mol. The lowest BCUT2D eigenvalue weighted by atomic mass is 10.2. The van der Waals surface area contributed by atoms with E-state index >= 15 is 0 Å². The van der Waals surface area contributed by atoms with Crippen molar-refractivity contribution in [3.8, 4) is 0 Å². The first kappa shape index (κ1) is 12.8. The lowest BCUT2D eigenvalue weighted by Gasteiger charge is -2.05. The fraction of sp³-hybridized carbons (Fsp3) is 0. The summed E-state index contributed by atoms with van der Waals surface area (Å²) < 4.78 is 0.746. The number of anilines is 1. The van der Waals surface area contributed by atoms with Crippen LogP contribution in [0.25, 0.3) is 0 Å². The predicted octanol–water partition coefficient (Wildman–Crippen LogP) is 2.86. The van der Waals surface area contributed by atoms with E-state index in [1.54, 1.807) is 30.3 Å². The number of benzene rings is 1. The molecule has 1 aromatic heterocycles. The maximum absolute atomic E-state index is 11.9. The number of hydrogen-bond acceptors (Lipinski definition) is 3. The molecule has 0 saturated heterocycles. The highest BCUT2D eigenvalue weighted by Gasteiger charge is 2.12. The Bertz CT molecular complexity index is 610. The summed E-state index contributed by atoms with van der Waals surface area (Å²) in [7, 11) is 0. The third kappa shape index (κ3) is 2.77. The second-order valence-electron chi connectivity index (χ2n) is 3.50. The molecule has 0 bridgehead atoms. The highest BCUT2D eigenvalue weighted by atomic mass is 79.9. The van der Waals surface area contributed by atoms with E-state index in [1.807, 2.05) is 5.38 Å². The molecule has 0 saturated carbocycles. The minimum Gasteiger partial charge on any atom is -0.366 e. The van der Waals surface area contributed by atoms with Gasteiger partial charge in [-0.2, -0.15) is 0 Å². The number of nitrogens with two attached hydrogens (primary N) is 1. The van der Waals surface area contributed by atoms with Crippen molar-refractivity contribution in [3.63, 3.8) is 0 Å². The molecule has 6 heteroatoms. The first-order chi connectivity index (χ1) is 8.58. The summed E-state index contributed by atoms with van der Waals surface area (Å²) in [4.78, 5) is 23.5. The van der Waals surface area contributed by atoms with Crippen LogP contribution in [-0.2, 0) is 0 Å². The van der Waals surface area contributed by atoms with Crippen molar-refractivity contribution in [3.05, 3.63) is 50.6 Å². The number of amides is 2. The molecule has 1 heterocycles. The lowest BCUT2D eigenvalue weighted by molar-refractivity contribution is 0.0996. The highest BCUT2D eigenvalue weighted by Crippen LogP contribution is 2.23. The zero-order chi connectivity index (χ0) is 13.1. The second-order valence-corrected chi connectivity index (χ2v) is 5.27. The molecule has 92 valence electrons. The van der Waals surface area contributed by atoms with Crippen molar-refractivity contribution in [2.45, 2.75) is 0 Å². The Morgan fingerprint density at radius 2 is 2.06 bits per heavy atom. The smallest absolute Gasteiger partial charge is 0.266 e. The van der Waals surface area contributed by atoms with Crippen LogP contribution in [0.5, 0.6) is 0 Å². The minimum atomic E-state index is -0.525. The summed E-state index contributed by atoms with van der Waals surface area (Å²) in [6.45, 7) is 0. The number of hydrogen-bond donors (Lipinski definition) is 2. The van der Waals surface area contributed by atoms with Crippen molar-refractivity contribution < 1.29 is 9.59 Å². The number of carbonyl (C=O) groups is 2. The average Bonchev–Trinajstić information content (AvgIpc) is 2.76. The number of thiophene rings is 1. The summed E-state index contributed by atoms with van der Waals surface area (Å²) in [5.74, 6) is -0.748. The van der Waals surface area contributed by atoms with Crippen molar-refractivity contribution >= 4 is 44.8 Å². The Morgan fingerprint density at radius 1 is 1.28 bits per heavy atom. The molecule has 0 fully saturated rings. The number of primary amides is 1. The van der Waals surface area contributed by atoms with Gasteiger partial charge in [-0.1, -0.05) is 6.07 Å². The van der Waals surface area contributed by atoms with Crippen molar-refractivity contribution in [1.29, 1.82) is 0 Å². The van der Waals surface area contributed by atoms with Gasteiger partial charge in [0.25, 0.3) is 5.91 Å². The largest absolute Gasteiger partial charge is 0.366 e. The SMILES string of the molecule is NC(=O)c1cccc(NC(=O)c2sccc2Br)c1. The Kier molecular flexibility index (Phi) is 3.78. The van der Waals surface area contributed by atoms with E-state index in [1.165, 1.54) is 11.3 Å². The van der Waals surface area contributed by atoms with Gasteiger partial charge in [0.2, 0.25) is 5.91 Å². The van der Waals surface area contributed by atoms with E-state index in [-0.39, 0.29) is 5.91 Å². The third-order valence-electron chi connectivity index (χ3n) is 2.23. The molecule has 0 spiro atoms. The van der Waals surface area contributed by atoms with Crippen LogP contribution in [0.4, 0.5) is 5.69 Å². The fourth-order valence-electron chi connectivity index (χ4n) is 1.39. The van der Waals surface area contributed by atoms with E-state index in [9.17, 15) is 9.59 Å². The summed E-state index contributed by atoms with van der Waals surface area (Å²) in [6.07, 6.45) is 0. The van der Waals surface area contributed by atoms with Crippen LogP contribution in [0.15, 0.2) is 40.2 Å². The van der Waals surface area contributed by atoms with Gasteiger partial charge in [-0.3, -0.25) is 9.59 Å². The maximum Gasteiger partial charge on any atom is 0.266 e. The highest BCUT2D eigenvalue weighted by molar-refractivity contribution is 9.10. The topological polar surface area (TPSA) is 72.2 Å². The molecule has 2 aromatic rings. The number of halogens is 1. The molecule has 0 atom stereocenters. The predicted molar refractivity (Wildman–Crippen MR) is 74.9 cm³/mol. The molecule has 1 aromatic carbocycles. The van der Waals surface area contributed by atoms with Gasteiger partial charge in [0.05, 0.1) is 0 Å². The van der Waals surface area contributed by atoms with Gasteiger partial charge in [0.1, 0.15) is 4.88 Å². The molecule has 2 rings (SSSR count). The summed E-state index contributed by atoms with van der Waals surface area (Å²) in [5.41, 5.74) is 6.07. The molecule has 0 aliphatic heterocycles. The normalized spacial score (nSPS) is 10.1. The maximum atomic E-state index is 11.9. The van der Waals surface area contributed by atoms with Gasteiger partial charge in [-0.25, -0.2) is 0 Å². The molecule has 3 N–H and O–H groups in total. The van der Waals surface area contributed by atoms with E-state index in [0.717, 1.165) is 4.47 Å². The minimum absolute atomic E-state index is 0.224. The van der Waals surface area contributed by atoms with Gasteiger partial charge in [-0.15, -0.1) is 11.3 Å². The van der Waals surface area contributed by atoms with Crippen molar-refractivity contribution in [2.24, 2.45) is 5.73 Å². The van der Waals surface area contributed by atoms with E-state index in [4.69, 9.17) is 5.73 Å². The van der Waals surface area contributed by atoms with Crippen LogP contribution < -0.4 is 11.1 Å². The quantitative estimate of drug-likeness (QED) is 0.911. The van der Waals surface area contributed by atoms with E-state index < -0.39 is 5.91 Å². The molecule has 0 aliphatic rings. The zero-order valence-corrected chi connectivity index (χ0v) is 11.5. The summed E-state index contributed by atoms with van der Waals surface area (Å²) in [5, 5.41) is 4.53. The van der Waals surface area contributed by atoms with Crippen LogP contribution in [0, 0.1) is 0 Å². The molecule has 18 heavy (non-hydrogen) atoms. The molecule has 0 aliphatic carbocycles. The number of rotatable bonds is 3. The van der Waals surface area contributed by atoms with Crippen LogP contribution >= 0.6 is 27.3 Å². The summed E-state index contributed by atoms with van der Waals surface area (Å²) in [6, 6.07) is 8.31. The van der Waals surface area contributed by atoms with Crippen molar-refractivity contribution in [1.82, 2.24) is 0 Å². The Hall–Kier alpha value is -1.66. The Labute approximate surface area is 116 Å².